The first-order valence-corrected chi connectivity index (χ1v) is 9.17. The number of carbonyl (C=O) groups excluding carboxylic acids is 1. The summed E-state index contributed by atoms with van der Waals surface area (Å²) in [5.74, 6) is -0.720. The molecule has 0 rings (SSSR count). The highest BCUT2D eigenvalue weighted by atomic mass is 16.7. The minimum atomic E-state index is -0.812. The third-order valence-electron chi connectivity index (χ3n) is 4.41. The van der Waals surface area contributed by atoms with Crippen molar-refractivity contribution < 1.29 is 19.4 Å². The number of ketones is 1. The summed E-state index contributed by atoms with van der Waals surface area (Å²) >= 11 is 0. The zero-order valence-corrected chi connectivity index (χ0v) is 16.6. The predicted molar refractivity (Wildman–Crippen MR) is 99.0 cm³/mol. The zero-order valence-electron chi connectivity index (χ0n) is 16.6. The third kappa shape index (κ3) is 9.55. The predicted octanol–water partition coefficient (Wildman–Crippen LogP) is 4.65. The lowest BCUT2D eigenvalue weighted by Gasteiger charge is -2.34. The van der Waals surface area contributed by atoms with E-state index in [9.17, 15) is 9.90 Å². The zero-order chi connectivity index (χ0) is 18.6. The quantitative estimate of drug-likeness (QED) is 0.301. The van der Waals surface area contributed by atoms with Gasteiger partial charge in [0.05, 0.1) is 6.61 Å². The van der Waals surface area contributed by atoms with Gasteiger partial charge in [-0.05, 0) is 23.8 Å². The molecule has 24 heavy (non-hydrogen) atoms. The van der Waals surface area contributed by atoms with Crippen LogP contribution < -0.4 is 0 Å². The average molecular weight is 343 g/mol. The fourth-order valence-electron chi connectivity index (χ4n) is 2.64. The standard InChI is InChI=1S/C20H38O4/c1-7-8-9-10-11-18(22)17(12-15-21)16-20(23-5,24-6)14-13-19(2,3)4/h12,21H,7-11,13-16H2,1-6H3. The van der Waals surface area contributed by atoms with Crippen molar-refractivity contribution in [2.45, 2.75) is 84.8 Å². The lowest BCUT2D eigenvalue weighted by atomic mass is 9.86. The van der Waals surface area contributed by atoms with E-state index in [1.807, 2.05) is 0 Å². The fourth-order valence-corrected chi connectivity index (χ4v) is 2.64. The molecule has 0 spiro atoms. The van der Waals surface area contributed by atoms with Gasteiger partial charge in [-0.1, -0.05) is 53.0 Å². The molecule has 142 valence electrons. The van der Waals surface area contributed by atoms with E-state index in [1.165, 1.54) is 0 Å². The van der Waals surface area contributed by atoms with E-state index in [4.69, 9.17) is 9.47 Å². The molecule has 0 atom stereocenters. The molecule has 0 saturated carbocycles. The molecule has 4 nitrogen and oxygen atoms in total. The first kappa shape index (κ1) is 23.3. The summed E-state index contributed by atoms with van der Waals surface area (Å²) in [6, 6.07) is 0. The van der Waals surface area contributed by atoms with Gasteiger partial charge in [0, 0.05) is 33.5 Å². The van der Waals surface area contributed by atoms with Gasteiger partial charge in [0.25, 0.3) is 0 Å². The van der Waals surface area contributed by atoms with Crippen LogP contribution in [-0.2, 0) is 14.3 Å². The second kappa shape index (κ2) is 11.8. The Morgan fingerprint density at radius 1 is 1.04 bits per heavy atom. The Kier molecular flexibility index (Phi) is 11.4. The monoisotopic (exact) mass is 342 g/mol. The van der Waals surface area contributed by atoms with Gasteiger partial charge in [0.2, 0.25) is 0 Å². The topological polar surface area (TPSA) is 55.8 Å². The van der Waals surface area contributed by atoms with Crippen molar-refractivity contribution in [1.82, 2.24) is 0 Å². The molecule has 0 unspecified atom stereocenters. The number of aliphatic hydroxyl groups excluding tert-OH is 1. The molecule has 0 radical (unpaired) electrons. The second-order valence-electron chi connectivity index (χ2n) is 7.70. The number of rotatable bonds is 13. The normalized spacial score (nSPS) is 13.4. The van der Waals surface area contributed by atoms with Crippen LogP contribution in [0, 0.1) is 5.41 Å². The largest absolute Gasteiger partial charge is 0.392 e. The first-order chi connectivity index (χ1) is 11.2. The summed E-state index contributed by atoms with van der Waals surface area (Å²) < 4.78 is 11.3. The Morgan fingerprint density at radius 3 is 2.12 bits per heavy atom. The van der Waals surface area contributed by atoms with Gasteiger partial charge in [-0.2, -0.15) is 0 Å². The van der Waals surface area contributed by atoms with E-state index in [-0.39, 0.29) is 17.8 Å². The van der Waals surface area contributed by atoms with Crippen molar-refractivity contribution in [3.63, 3.8) is 0 Å². The highest BCUT2D eigenvalue weighted by Gasteiger charge is 2.33. The maximum atomic E-state index is 12.5. The Hall–Kier alpha value is -0.710. The molecule has 1 N–H and O–H groups in total. The maximum Gasteiger partial charge on any atom is 0.171 e. The third-order valence-corrected chi connectivity index (χ3v) is 4.41. The fraction of sp³-hybridized carbons (Fsp3) is 0.850. The molecule has 0 heterocycles. The minimum Gasteiger partial charge on any atom is -0.392 e. The van der Waals surface area contributed by atoms with Crippen molar-refractivity contribution >= 4 is 5.78 Å². The number of hydrogen-bond donors (Lipinski definition) is 1. The molecule has 0 aromatic heterocycles. The number of unbranched alkanes of at least 4 members (excludes halogenated alkanes) is 3. The van der Waals surface area contributed by atoms with Gasteiger partial charge >= 0.3 is 0 Å². The second-order valence-corrected chi connectivity index (χ2v) is 7.70. The number of Topliss-reactive ketones (excluding diaryl/α,β-unsaturated/α-hetero) is 1. The molecule has 0 aromatic carbocycles. The Morgan fingerprint density at radius 2 is 1.67 bits per heavy atom. The van der Waals surface area contributed by atoms with Crippen LogP contribution in [0.2, 0.25) is 0 Å². The molecule has 0 bridgehead atoms. The molecule has 0 aromatic rings. The highest BCUT2D eigenvalue weighted by Crippen LogP contribution is 2.33. The van der Waals surface area contributed by atoms with E-state index < -0.39 is 5.79 Å². The molecule has 0 fully saturated rings. The molecule has 0 aliphatic heterocycles. The van der Waals surface area contributed by atoms with Crippen LogP contribution in [0.5, 0.6) is 0 Å². The van der Waals surface area contributed by atoms with Crippen molar-refractivity contribution in [3.8, 4) is 0 Å². The van der Waals surface area contributed by atoms with E-state index in [0.29, 0.717) is 24.8 Å². The molecular weight excluding hydrogens is 304 g/mol. The van der Waals surface area contributed by atoms with E-state index in [2.05, 4.69) is 27.7 Å². The van der Waals surface area contributed by atoms with Crippen molar-refractivity contribution in [2.75, 3.05) is 20.8 Å². The van der Waals surface area contributed by atoms with Crippen LogP contribution in [0.15, 0.2) is 11.6 Å². The van der Waals surface area contributed by atoms with Gasteiger partial charge in [0.1, 0.15) is 0 Å². The summed E-state index contributed by atoms with van der Waals surface area (Å²) in [6.07, 6.45) is 8.39. The van der Waals surface area contributed by atoms with Gasteiger partial charge in [-0.15, -0.1) is 0 Å². The summed E-state index contributed by atoms with van der Waals surface area (Å²) in [7, 11) is 3.24. The van der Waals surface area contributed by atoms with Crippen LogP contribution in [0.25, 0.3) is 0 Å². The Bertz CT molecular complexity index is 376. The molecular formula is C20H38O4. The number of carbonyl (C=O) groups is 1. The van der Waals surface area contributed by atoms with Crippen LogP contribution in [-0.4, -0.2) is 37.5 Å². The molecule has 0 amide bonds. The van der Waals surface area contributed by atoms with Gasteiger partial charge in [0.15, 0.2) is 11.6 Å². The lowest BCUT2D eigenvalue weighted by molar-refractivity contribution is -0.212. The minimum absolute atomic E-state index is 0.0920. The van der Waals surface area contributed by atoms with Gasteiger partial charge in [-0.3, -0.25) is 4.79 Å². The van der Waals surface area contributed by atoms with Crippen LogP contribution in [0.4, 0.5) is 0 Å². The van der Waals surface area contributed by atoms with E-state index in [1.54, 1.807) is 20.3 Å². The Balaban J connectivity index is 4.95. The summed E-state index contributed by atoms with van der Waals surface area (Å²) in [6.45, 7) is 8.53. The van der Waals surface area contributed by atoms with Crippen LogP contribution in [0.3, 0.4) is 0 Å². The van der Waals surface area contributed by atoms with Crippen LogP contribution >= 0.6 is 0 Å². The number of hydrogen-bond acceptors (Lipinski definition) is 4. The maximum absolute atomic E-state index is 12.5. The number of methoxy groups -OCH3 is 2. The molecule has 0 aliphatic rings. The van der Waals surface area contributed by atoms with E-state index >= 15 is 0 Å². The SMILES string of the molecule is CCCCCCC(=O)C(=CCO)CC(CCC(C)(C)C)(OC)OC. The lowest BCUT2D eigenvalue weighted by Crippen LogP contribution is -2.36. The number of aliphatic hydroxyl groups is 1. The van der Waals surface area contributed by atoms with Crippen molar-refractivity contribution in [2.24, 2.45) is 5.41 Å². The number of ether oxygens (including phenoxy) is 2. The van der Waals surface area contributed by atoms with Gasteiger partial charge < -0.3 is 14.6 Å². The summed E-state index contributed by atoms with van der Waals surface area (Å²) in [5.41, 5.74) is 0.777. The van der Waals surface area contributed by atoms with E-state index in [0.717, 1.165) is 32.1 Å². The van der Waals surface area contributed by atoms with Crippen molar-refractivity contribution in [3.05, 3.63) is 11.6 Å². The van der Waals surface area contributed by atoms with Gasteiger partial charge in [-0.25, -0.2) is 0 Å². The van der Waals surface area contributed by atoms with Crippen LogP contribution in [0.1, 0.15) is 79.1 Å². The van der Waals surface area contributed by atoms with Crippen molar-refractivity contribution in [1.29, 1.82) is 0 Å². The molecule has 4 heteroatoms. The molecule has 0 saturated heterocycles. The summed E-state index contributed by atoms with van der Waals surface area (Å²) in [4.78, 5) is 12.5. The first-order valence-electron chi connectivity index (χ1n) is 9.17. The summed E-state index contributed by atoms with van der Waals surface area (Å²) in [5, 5.41) is 9.29. The molecule has 0 aliphatic carbocycles. The Labute approximate surface area is 148 Å². The smallest absolute Gasteiger partial charge is 0.171 e. The highest BCUT2D eigenvalue weighted by molar-refractivity contribution is 5.95. The average Bonchev–Trinajstić information content (AvgIpc) is 2.54.